The molecule has 1 heterocycles. The Morgan fingerprint density at radius 3 is 2.61 bits per heavy atom. The molecular formula is C20H24FN3O3S. The molecule has 1 aliphatic rings. The van der Waals surface area contributed by atoms with Crippen LogP contribution in [0.3, 0.4) is 0 Å². The number of amides is 1. The standard InChI is InChI=1S/C20H24FN3O3S/c1-28(26,27)23-19-5-3-2-4-16(19)12-20(25)22-13-15-10-11-24(14-15)18-8-6-17(21)7-9-18/h2-9,15,23H,10-14H2,1H3,(H,22,25). The molecule has 2 aromatic carbocycles. The van der Waals surface area contributed by atoms with Gasteiger partial charge in [-0.3, -0.25) is 9.52 Å². The van der Waals surface area contributed by atoms with Crippen molar-refractivity contribution in [3.63, 3.8) is 0 Å². The molecule has 8 heteroatoms. The third-order valence-corrected chi connectivity index (χ3v) is 5.32. The zero-order chi connectivity index (χ0) is 20.1. The molecule has 0 radical (unpaired) electrons. The summed E-state index contributed by atoms with van der Waals surface area (Å²) in [6.07, 6.45) is 2.13. The summed E-state index contributed by atoms with van der Waals surface area (Å²) < 4.78 is 38.4. The number of nitrogens with one attached hydrogen (secondary N) is 2. The van der Waals surface area contributed by atoms with Crippen LogP contribution in [-0.2, 0) is 21.2 Å². The van der Waals surface area contributed by atoms with Gasteiger partial charge in [-0.2, -0.15) is 0 Å². The van der Waals surface area contributed by atoms with E-state index in [0.29, 0.717) is 23.7 Å². The number of hydrogen-bond acceptors (Lipinski definition) is 4. The van der Waals surface area contributed by atoms with Crippen molar-refractivity contribution in [2.75, 3.05) is 35.5 Å². The Morgan fingerprint density at radius 2 is 1.89 bits per heavy atom. The zero-order valence-electron chi connectivity index (χ0n) is 15.7. The maximum absolute atomic E-state index is 13.1. The van der Waals surface area contributed by atoms with Gasteiger partial charge in [0, 0.05) is 25.3 Å². The van der Waals surface area contributed by atoms with Gasteiger partial charge in [-0.05, 0) is 48.2 Å². The van der Waals surface area contributed by atoms with Crippen molar-refractivity contribution in [3.05, 3.63) is 59.9 Å². The van der Waals surface area contributed by atoms with E-state index in [0.717, 1.165) is 31.5 Å². The van der Waals surface area contributed by atoms with Crippen LogP contribution in [0.2, 0.25) is 0 Å². The Kier molecular flexibility index (Phi) is 6.18. The number of anilines is 2. The minimum absolute atomic E-state index is 0.104. The lowest BCUT2D eigenvalue weighted by Gasteiger charge is -2.19. The summed E-state index contributed by atoms with van der Waals surface area (Å²) in [7, 11) is -3.41. The molecule has 1 amide bonds. The predicted molar refractivity (Wildman–Crippen MR) is 108 cm³/mol. The molecule has 3 rings (SSSR count). The molecule has 2 aromatic rings. The number of nitrogens with zero attached hydrogens (tertiary/aromatic N) is 1. The molecule has 150 valence electrons. The van der Waals surface area contributed by atoms with E-state index < -0.39 is 10.0 Å². The van der Waals surface area contributed by atoms with Crippen LogP contribution in [0.4, 0.5) is 15.8 Å². The molecule has 2 N–H and O–H groups in total. The summed E-state index contributed by atoms with van der Waals surface area (Å²) in [4.78, 5) is 14.5. The Labute approximate surface area is 164 Å². The molecule has 1 unspecified atom stereocenters. The second-order valence-corrected chi connectivity index (χ2v) is 8.84. The Hall–Kier alpha value is -2.61. The van der Waals surface area contributed by atoms with Crippen molar-refractivity contribution in [3.8, 4) is 0 Å². The number of carbonyl (C=O) groups is 1. The normalized spacial score (nSPS) is 16.8. The van der Waals surface area contributed by atoms with Crippen LogP contribution in [0.15, 0.2) is 48.5 Å². The van der Waals surface area contributed by atoms with E-state index in [1.807, 2.05) is 0 Å². The number of benzene rings is 2. The number of hydrogen-bond donors (Lipinski definition) is 2. The van der Waals surface area contributed by atoms with E-state index in [9.17, 15) is 17.6 Å². The molecule has 0 aliphatic carbocycles. The van der Waals surface area contributed by atoms with Crippen LogP contribution >= 0.6 is 0 Å². The van der Waals surface area contributed by atoms with Gasteiger partial charge in [-0.25, -0.2) is 12.8 Å². The summed E-state index contributed by atoms with van der Waals surface area (Å²) in [6, 6.07) is 13.3. The highest BCUT2D eigenvalue weighted by Gasteiger charge is 2.23. The predicted octanol–water partition coefficient (Wildman–Crippen LogP) is 2.38. The largest absolute Gasteiger partial charge is 0.371 e. The van der Waals surface area contributed by atoms with E-state index in [1.165, 1.54) is 12.1 Å². The average Bonchev–Trinajstić information content (AvgIpc) is 3.10. The van der Waals surface area contributed by atoms with Crippen molar-refractivity contribution in [1.82, 2.24) is 5.32 Å². The van der Waals surface area contributed by atoms with Gasteiger partial charge in [0.1, 0.15) is 5.82 Å². The van der Waals surface area contributed by atoms with Crippen molar-refractivity contribution in [2.45, 2.75) is 12.8 Å². The molecule has 0 aromatic heterocycles. The van der Waals surface area contributed by atoms with Gasteiger partial charge in [0.05, 0.1) is 18.4 Å². The van der Waals surface area contributed by atoms with Gasteiger partial charge in [0.15, 0.2) is 0 Å². The highest BCUT2D eigenvalue weighted by molar-refractivity contribution is 7.92. The van der Waals surface area contributed by atoms with Crippen molar-refractivity contribution < 1.29 is 17.6 Å². The van der Waals surface area contributed by atoms with Crippen LogP contribution in [0.5, 0.6) is 0 Å². The van der Waals surface area contributed by atoms with Crippen LogP contribution in [0, 0.1) is 11.7 Å². The summed E-state index contributed by atoms with van der Waals surface area (Å²) >= 11 is 0. The zero-order valence-corrected chi connectivity index (χ0v) is 16.5. The lowest BCUT2D eigenvalue weighted by atomic mass is 10.1. The molecule has 28 heavy (non-hydrogen) atoms. The molecule has 1 aliphatic heterocycles. The van der Waals surface area contributed by atoms with E-state index >= 15 is 0 Å². The van der Waals surface area contributed by atoms with Crippen molar-refractivity contribution in [2.24, 2.45) is 5.92 Å². The number of rotatable bonds is 7. The number of halogens is 1. The van der Waals surface area contributed by atoms with Crippen LogP contribution < -0.4 is 14.9 Å². The van der Waals surface area contributed by atoms with E-state index in [4.69, 9.17) is 0 Å². The quantitative estimate of drug-likeness (QED) is 0.741. The highest BCUT2D eigenvalue weighted by atomic mass is 32.2. The molecule has 1 fully saturated rings. The summed E-state index contributed by atoms with van der Waals surface area (Å²) in [5, 5.41) is 2.94. The number of para-hydroxylation sites is 1. The van der Waals surface area contributed by atoms with E-state index in [-0.39, 0.29) is 18.1 Å². The Bertz CT molecular complexity index is 932. The third kappa shape index (κ3) is 5.69. The molecule has 0 saturated carbocycles. The second-order valence-electron chi connectivity index (χ2n) is 7.09. The lowest BCUT2D eigenvalue weighted by Crippen LogP contribution is -2.32. The van der Waals surface area contributed by atoms with Crippen molar-refractivity contribution in [1.29, 1.82) is 0 Å². The van der Waals surface area contributed by atoms with E-state index in [1.54, 1.807) is 36.4 Å². The fourth-order valence-corrected chi connectivity index (χ4v) is 3.95. The smallest absolute Gasteiger partial charge is 0.229 e. The molecular weight excluding hydrogens is 381 g/mol. The molecule has 6 nitrogen and oxygen atoms in total. The maximum atomic E-state index is 13.1. The first-order chi connectivity index (χ1) is 13.3. The van der Waals surface area contributed by atoms with Crippen LogP contribution in [0.1, 0.15) is 12.0 Å². The number of carbonyl (C=O) groups excluding carboxylic acids is 1. The van der Waals surface area contributed by atoms with Crippen LogP contribution in [-0.4, -0.2) is 40.2 Å². The first-order valence-corrected chi connectivity index (χ1v) is 11.0. The monoisotopic (exact) mass is 405 g/mol. The first-order valence-electron chi connectivity index (χ1n) is 9.13. The second kappa shape index (κ2) is 8.60. The van der Waals surface area contributed by atoms with Gasteiger partial charge in [0.2, 0.25) is 15.9 Å². The fourth-order valence-electron chi connectivity index (χ4n) is 3.35. The summed E-state index contributed by atoms with van der Waals surface area (Å²) in [5.41, 5.74) is 2.03. The van der Waals surface area contributed by atoms with Crippen molar-refractivity contribution >= 4 is 27.3 Å². The van der Waals surface area contributed by atoms with Gasteiger partial charge >= 0.3 is 0 Å². The van der Waals surface area contributed by atoms with Crippen LogP contribution in [0.25, 0.3) is 0 Å². The van der Waals surface area contributed by atoms with Gasteiger partial charge in [-0.15, -0.1) is 0 Å². The molecule has 1 saturated heterocycles. The van der Waals surface area contributed by atoms with Gasteiger partial charge < -0.3 is 10.2 Å². The topological polar surface area (TPSA) is 78.5 Å². The van der Waals surface area contributed by atoms with Gasteiger partial charge in [-0.1, -0.05) is 18.2 Å². The minimum atomic E-state index is -3.41. The van der Waals surface area contributed by atoms with Gasteiger partial charge in [0.25, 0.3) is 0 Å². The molecule has 0 bridgehead atoms. The fraction of sp³-hybridized carbons (Fsp3) is 0.350. The van der Waals surface area contributed by atoms with E-state index in [2.05, 4.69) is 14.9 Å². The maximum Gasteiger partial charge on any atom is 0.229 e. The third-order valence-electron chi connectivity index (χ3n) is 4.73. The minimum Gasteiger partial charge on any atom is -0.371 e. The summed E-state index contributed by atoms with van der Waals surface area (Å²) in [6.45, 7) is 2.23. The molecule has 1 atom stereocenters. The first kappa shape index (κ1) is 20.1. The average molecular weight is 405 g/mol. The Balaban J connectivity index is 1.51. The lowest BCUT2D eigenvalue weighted by molar-refractivity contribution is -0.120. The SMILES string of the molecule is CS(=O)(=O)Nc1ccccc1CC(=O)NCC1CCN(c2ccc(F)cc2)C1. The summed E-state index contributed by atoms with van der Waals surface area (Å²) in [5.74, 6) is -0.0845. The highest BCUT2D eigenvalue weighted by Crippen LogP contribution is 2.23. The Morgan fingerprint density at radius 1 is 1.18 bits per heavy atom. The number of sulfonamides is 1. The molecule has 0 spiro atoms.